The molecule has 6 nitrogen and oxygen atoms in total. The molecule has 6 heteroatoms. The van der Waals surface area contributed by atoms with Gasteiger partial charge in [-0.1, -0.05) is 45.0 Å². The van der Waals surface area contributed by atoms with Crippen molar-refractivity contribution in [3.63, 3.8) is 0 Å². The molecule has 0 spiro atoms. The standard InChI is InChI=1S/C24H28N4O2/c1-24(2,3)17-8-5-15(6-9-17)20-13-19-16(14-26-20)7-10-18-21(19)27-28(12-4-11-25)22(18)23(29)30/h5-6,8-9,13-14H,4,7,10-12,25H2,1-3H3,(H,29,30). The number of hydrogen-bond acceptors (Lipinski definition) is 4. The fourth-order valence-electron chi connectivity index (χ4n) is 4.06. The minimum absolute atomic E-state index is 0.0975. The van der Waals surface area contributed by atoms with E-state index in [0.717, 1.165) is 40.1 Å². The molecule has 0 saturated carbocycles. The van der Waals surface area contributed by atoms with Gasteiger partial charge >= 0.3 is 5.97 Å². The zero-order valence-corrected chi connectivity index (χ0v) is 17.8. The average Bonchev–Trinajstić information content (AvgIpc) is 3.10. The van der Waals surface area contributed by atoms with Crippen LogP contribution in [0.4, 0.5) is 0 Å². The molecule has 1 aliphatic carbocycles. The van der Waals surface area contributed by atoms with Gasteiger partial charge in [0.25, 0.3) is 0 Å². The molecule has 1 aromatic carbocycles. The Morgan fingerprint density at radius 1 is 1.20 bits per heavy atom. The third-order valence-electron chi connectivity index (χ3n) is 5.76. The molecule has 0 unspecified atom stereocenters. The van der Waals surface area contributed by atoms with Crippen LogP contribution in [0.25, 0.3) is 22.5 Å². The molecule has 2 heterocycles. The number of nitrogens with zero attached hydrogens (tertiary/aromatic N) is 3. The van der Waals surface area contributed by atoms with Crippen LogP contribution in [0.2, 0.25) is 0 Å². The van der Waals surface area contributed by atoms with Crippen molar-refractivity contribution in [3.8, 4) is 22.5 Å². The Hall–Kier alpha value is -2.99. The van der Waals surface area contributed by atoms with Gasteiger partial charge in [0.15, 0.2) is 0 Å². The van der Waals surface area contributed by atoms with Crippen LogP contribution in [0.5, 0.6) is 0 Å². The number of benzene rings is 1. The Labute approximate surface area is 176 Å². The number of nitrogens with two attached hydrogens (primary N) is 1. The first kappa shape index (κ1) is 20.3. The van der Waals surface area contributed by atoms with E-state index in [1.54, 1.807) is 4.68 Å². The number of carboxylic acid groups (broad SMARTS) is 1. The van der Waals surface area contributed by atoms with Crippen molar-refractivity contribution in [2.24, 2.45) is 5.73 Å². The summed E-state index contributed by atoms with van der Waals surface area (Å²) in [6.45, 7) is 7.59. The highest BCUT2D eigenvalue weighted by atomic mass is 16.4. The van der Waals surface area contributed by atoms with E-state index in [9.17, 15) is 9.90 Å². The van der Waals surface area contributed by atoms with Crippen LogP contribution in [0, 0.1) is 0 Å². The van der Waals surface area contributed by atoms with E-state index in [2.05, 4.69) is 55.1 Å². The van der Waals surface area contributed by atoms with Gasteiger partial charge in [-0.25, -0.2) is 4.79 Å². The van der Waals surface area contributed by atoms with E-state index in [1.165, 1.54) is 5.56 Å². The molecule has 0 radical (unpaired) electrons. The summed E-state index contributed by atoms with van der Waals surface area (Å²) in [4.78, 5) is 16.6. The molecular weight excluding hydrogens is 376 g/mol. The molecule has 0 atom stereocenters. The van der Waals surface area contributed by atoms with Crippen LogP contribution in [-0.2, 0) is 24.8 Å². The SMILES string of the molecule is CC(C)(C)c1ccc(-c2cc3c(cn2)CCc2c-3nn(CCCN)c2C(=O)O)cc1. The number of carbonyl (C=O) groups is 1. The minimum atomic E-state index is -0.934. The van der Waals surface area contributed by atoms with Crippen LogP contribution in [0.1, 0.15) is 54.4 Å². The van der Waals surface area contributed by atoms with E-state index in [4.69, 9.17) is 5.73 Å². The van der Waals surface area contributed by atoms with Crippen molar-refractivity contribution in [3.05, 3.63) is 58.9 Å². The minimum Gasteiger partial charge on any atom is -0.477 e. The van der Waals surface area contributed by atoms with E-state index >= 15 is 0 Å². The highest BCUT2D eigenvalue weighted by molar-refractivity contribution is 5.91. The lowest BCUT2D eigenvalue weighted by Gasteiger charge is -2.19. The summed E-state index contributed by atoms with van der Waals surface area (Å²) >= 11 is 0. The lowest BCUT2D eigenvalue weighted by Crippen LogP contribution is -2.14. The summed E-state index contributed by atoms with van der Waals surface area (Å²) in [5.41, 5.74) is 12.9. The van der Waals surface area contributed by atoms with Crippen molar-refractivity contribution in [2.75, 3.05) is 6.54 Å². The van der Waals surface area contributed by atoms with Gasteiger partial charge in [0.2, 0.25) is 0 Å². The predicted octanol–water partition coefficient (Wildman–Crippen LogP) is 4.06. The van der Waals surface area contributed by atoms with E-state index < -0.39 is 5.97 Å². The van der Waals surface area contributed by atoms with Gasteiger partial charge in [0.1, 0.15) is 5.69 Å². The van der Waals surface area contributed by atoms with Crippen LogP contribution < -0.4 is 5.73 Å². The molecule has 4 rings (SSSR count). The summed E-state index contributed by atoms with van der Waals surface area (Å²) in [7, 11) is 0. The van der Waals surface area contributed by atoms with Crippen molar-refractivity contribution >= 4 is 5.97 Å². The van der Waals surface area contributed by atoms with Gasteiger partial charge in [0.05, 0.1) is 11.4 Å². The fourth-order valence-corrected chi connectivity index (χ4v) is 4.06. The second-order valence-corrected chi connectivity index (χ2v) is 8.90. The van der Waals surface area contributed by atoms with E-state index in [0.29, 0.717) is 25.9 Å². The number of aromatic nitrogens is 3. The second kappa shape index (κ2) is 7.69. The molecule has 3 aromatic rings. The summed E-state index contributed by atoms with van der Waals surface area (Å²) < 4.78 is 1.60. The van der Waals surface area contributed by atoms with Crippen LogP contribution in [0.15, 0.2) is 36.5 Å². The predicted molar refractivity (Wildman–Crippen MR) is 118 cm³/mol. The quantitative estimate of drug-likeness (QED) is 0.669. The largest absolute Gasteiger partial charge is 0.477 e. The molecule has 0 amide bonds. The van der Waals surface area contributed by atoms with Crippen LogP contribution in [-0.4, -0.2) is 32.4 Å². The number of rotatable bonds is 5. The second-order valence-electron chi connectivity index (χ2n) is 8.90. The maximum atomic E-state index is 11.9. The topological polar surface area (TPSA) is 94.0 Å². The number of carboxylic acids is 1. The van der Waals surface area contributed by atoms with Gasteiger partial charge in [-0.05, 0) is 48.4 Å². The fraction of sp³-hybridized carbons (Fsp3) is 0.375. The van der Waals surface area contributed by atoms with E-state index in [-0.39, 0.29) is 11.1 Å². The lowest BCUT2D eigenvalue weighted by atomic mass is 9.86. The highest BCUT2D eigenvalue weighted by Gasteiger charge is 2.28. The monoisotopic (exact) mass is 404 g/mol. The van der Waals surface area contributed by atoms with Crippen LogP contribution >= 0.6 is 0 Å². The number of pyridine rings is 1. The molecule has 3 N–H and O–H groups in total. The van der Waals surface area contributed by atoms with Crippen molar-refractivity contribution in [1.29, 1.82) is 0 Å². The van der Waals surface area contributed by atoms with Gasteiger partial charge in [-0.2, -0.15) is 5.10 Å². The van der Waals surface area contributed by atoms with Crippen molar-refractivity contribution in [2.45, 2.75) is 52.0 Å². The van der Waals surface area contributed by atoms with E-state index in [1.807, 2.05) is 12.3 Å². The Balaban J connectivity index is 1.77. The smallest absolute Gasteiger partial charge is 0.354 e. The molecule has 2 aromatic heterocycles. The van der Waals surface area contributed by atoms with Gasteiger partial charge in [0, 0.05) is 29.4 Å². The van der Waals surface area contributed by atoms with Crippen molar-refractivity contribution < 1.29 is 9.90 Å². The first-order valence-corrected chi connectivity index (χ1v) is 10.4. The zero-order chi connectivity index (χ0) is 21.5. The number of hydrogen-bond donors (Lipinski definition) is 2. The Kier molecular flexibility index (Phi) is 5.20. The molecular formula is C24H28N4O2. The number of fused-ring (bicyclic) bond motifs is 3. The molecule has 0 bridgehead atoms. The molecule has 0 aliphatic heterocycles. The molecule has 1 aliphatic rings. The lowest BCUT2D eigenvalue weighted by molar-refractivity contribution is 0.0681. The normalized spacial score (nSPS) is 13.1. The summed E-state index contributed by atoms with van der Waals surface area (Å²) in [6.07, 6.45) is 4.02. The van der Waals surface area contributed by atoms with Gasteiger partial charge in [-0.3, -0.25) is 9.67 Å². The van der Waals surface area contributed by atoms with Crippen molar-refractivity contribution in [1.82, 2.24) is 14.8 Å². The van der Waals surface area contributed by atoms with Gasteiger partial charge < -0.3 is 10.8 Å². The van der Waals surface area contributed by atoms with Gasteiger partial charge in [-0.15, -0.1) is 0 Å². The first-order valence-electron chi connectivity index (χ1n) is 10.4. The zero-order valence-electron chi connectivity index (χ0n) is 17.8. The maximum Gasteiger partial charge on any atom is 0.354 e. The molecule has 0 saturated heterocycles. The number of aryl methyl sites for hydroxylation is 2. The highest BCUT2D eigenvalue weighted by Crippen LogP contribution is 2.36. The Morgan fingerprint density at radius 2 is 1.93 bits per heavy atom. The summed E-state index contributed by atoms with van der Waals surface area (Å²) in [6, 6.07) is 10.5. The summed E-state index contributed by atoms with van der Waals surface area (Å²) in [5.74, 6) is -0.934. The third kappa shape index (κ3) is 3.63. The average molecular weight is 405 g/mol. The number of aromatic carboxylic acids is 1. The molecule has 30 heavy (non-hydrogen) atoms. The van der Waals surface area contributed by atoms with Crippen LogP contribution in [0.3, 0.4) is 0 Å². The maximum absolute atomic E-state index is 11.9. The Morgan fingerprint density at radius 3 is 2.57 bits per heavy atom. The third-order valence-corrected chi connectivity index (χ3v) is 5.76. The summed E-state index contributed by atoms with van der Waals surface area (Å²) in [5, 5.41) is 14.5. The first-order chi connectivity index (χ1) is 14.3. The molecule has 156 valence electrons. The Bertz CT molecular complexity index is 1090. The molecule has 0 fully saturated rings.